The van der Waals surface area contributed by atoms with E-state index in [-0.39, 0.29) is 31.6 Å². The van der Waals surface area contributed by atoms with Gasteiger partial charge in [-0.1, -0.05) is 32.0 Å². The van der Waals surface area contributed by atoms with Crippen molar-refractivity contribution in [1.82, 2.24) is 15.6 Å². The van der Waals surface area contributed by atoms with Crippen LogP contribution in [0, 0.1) is 11.7 Å². The Morgan fingerprint density at radius 1 is 1.00 bits per heavy atom. The summed E-state index contributed by atoms with van der Waals surface area (Å²) in [4.78, 5) is 42.4. The molecule has 4 N–H and O–H groups in total. The number of aliphatic carboxylic acids is 1. The fourth-order valence-electron chi connectivity index (χ4n) is 4.78. The standard InChI is InChI=1S/C31H31FN4O7/c1-17(2)10-24(30(40)35-23(15-29(38)39)19-7-9-25-27(13-19)42-16-41-25)34-28(37)12-18-6-8-22-26(11-18)43-31(36-22)33-21-5-3-4-20(32)14-21/h3-9,11,13-14,17,23-24H,10,12,15-16H2,1-2H3,(H,33,36)(H,34,37)(H,35,40)(H,38,39). The number of carboxylic acids is 1. The number of anilines is 2. The number of benzene rings is 3. The van der Waals surface area contributed by atoms with E-state index >= 15 is 0 Å². The molecule has 5 rings (SSSR count). The second-order valence-corrected chi connectivity index (χ2v) is 10.7. The molecule has 11 nitrogen and oxygen atoms in total. The summed E-state index contributed by atoms with van der Waals surface area (Å²) in [6.45, 7) is 3.91. The Labute approximate surface area is 246 Å². The molecule has 0 radical (unpaired) electrons. The van der Waals surface area contributed by atoms with Gasteiger partial charge in [-0.3, -0.25) is 14.4 Å². The molecule has 1 aliphatic rings. The summed E-state index contributed by atoms with van der Waals surface area (Å²) in [5.74, 6) is -1.31. The van der Waals surface area contributed by atoms with Crippen LogP contribution in [0.5, 0.6) is 11.5 Å². The fraction of sp³-hybridized carbons (Fsp3) is 0.290. The van der Waals surface area contributed by atoms with Gasteiger partial charge in [0.2, 0.25) is 18.6 Å². The highest BCUT2D eigenvalue weighted by Crippen LogP contribution is 2.35. The molecular formula is C31H31FN4O7. The molecule has 43 heavy (non-hydrogen) atoms. The minimum Gasteiger partial charge on any atom is -0.481 e. The predicted octanol–water partition coefficient (Wildman–Crippen LogP) is 4.84. The molecule has 0 aliphatic carbocycles. The minimum absolute atomic E-state index is 0.0358. The molecule has 0 fully saturated rings. The molecule has 1 aliphatic heterocycles. The first-order chi connectivity index (χ1) is 20.6. The highest BCUT2D eigenvalue weighted by Gasteiger charge is 2.27. The van der Waals surface area contributed by atoms with Crippen LogP contribution in [0.3, 0.4) is 0 Å². The molecule has 0 spiro atoms. The molecule has 4 aromatic rings. The smallest absolute Gasteiger partial charge is 0.305 e. The molecule has 0 saturated heterocycles. The number of carbonyl (C=O) groups excluding carboxylic acids is 2. The van der Waals surface area contributed by atoms with Gasteiger partial charge in [-0.05, 0) is 65.9 Å². The summed E-state index contributed by atoms with van der Waals surface area (Å²) >= 11 is 0. The van der Waals surface area contributed by atoms with Crippen molar-refractivity contribution in [3.63, 3.8) is 0 Å². The number of carboxylic acid groups (broad SMARTS) is 1. The van der Waals surface area contributed by atoms with E-state index in [0.29, 0.717) is 45.8 Å². The van der Waals surface area contributed by atoms with Gasteiger partial charge in [0, 0.05) is 5.69 Å². The number of nitrogens with zero attached hydrogens (tertiary/aromatic N) is 1. The van der Waals surface area contributed by atoms with Crippen molar-refractivity contribution in [2.75, 3.05) is 12.1 Å². The normalized spacial score (nSPS) is 13.5. The summed E-state index contributed by atoms with van der Waals surface area (Å²) in [7, 11) is 0. The number of nitrogens with one attached hydrogen (secondary N) is 3. The average Bonchev–Trinajstić information content (AvgIpc) is 3.57. The molecule has 2 unspecified atom stereocenters. The van der Waals surface area contributed by atoms with Crippen LogP contribution in [-0.4, -0.2) is 40.7 Å². The van der Waals surface area contributed by atoms with Gasteiger partial charge in [0.25, 0.3) is 6.01 Å². The molecule has 2 amide bonds. The number of oxazole rings is 1. The zero-order valence-electron chi connectivity index (χ0n) is 23.6. The third-order valence-corrected chi connectivity index (χ3v) is 6.75. The van der Waals surface area contributed by atoms with Crippen LogP contribution in [0.15, 0.2) is 65.1 Å². The first-order valence-electron chi connectivity index (χ1n) is 13.8. The Morgan fingerprint density at radius 2 is 1.81 bits per heavy atom. The van der Waals surface area contributed by atoms with E-state index in [1.807, 2.05) is 13.8 Å². The van der Waals surface area contributed by atoms with Gasteiger partial charge < -0.3 is 34.9 Å². The van der Waals surface area contributed by atoms with Gasteiger partial charge in [-0.25, -0.2) is 4.39 Å². The maximum Gasteiger partial charge on any atom is 0.305 e. The van der Waals surface area contributed by atoms with Gasteiger partial charge in [-0.2, -0.15) is 4.98 Å². The molecule has 2 atom stereocenters. The zero-order valence-corrected chi connectivity index (χ0v) is 23.6. The Balaban J connectivity index is 1.26. The van der Waals surface area contributed by atoms with Gasteiger partial charge in [0.05, 0.1) is 18.9 Å². The molecular weight excluding hydrogens is 559 g/mol. The molecule has 2 heterocycles. The quantitative estimate of drug-likeness (QED) is 0.182. The van der Waals surface area contributed by atoms with Crippen molar-refractivity contribution in [3.05, 3.63) is 77.6 Å². The predicted molar refractivity (Wildman–Crippen MR) is 154 cm³/mol. The van der Waals surface area contributed by atoms with Crippen LogP contribution in [0.2, 0.25) is 0 Å². The summed E-state index contributed by atoms with van der Waals surface area (Å²) in [5, 5.41) is 18.0. The van der Waals surface area contributed by atoms with Gasteiger partial charge in [-0.15, -0.1) is 0 Å². The van der Waals surface area contributed by atoms with E-state index in [0.717, 1.165) is 0 Å². The molecule has 12 heteroatoms. The SMILES string of the molecule is CC(C)CC(NC(=O)Cc1ccc2nc(Nc3cccc(F)c3)oc2c1)C(=O)NC(CC(=O)O)c1ccc2c(c1)OCO2. The van der Waals surface area contributed by atoms with Crippen LogP contribution in [0.4, 0.5) is 16.1 Å². The van der Waals surface area contributed by atoms with Crippen molar-refractivity contribution in [1.29, 1.82) is 0 Å². The molecule has 0 saturated carbocycles. The number of fused-ring (bicyclic) bond motifs is 2. The Kier molecular flexibility index (Phi) is 8.74. The Bertz CT molecular complexity index is 1650. The summed E-state index contributed by atoms with van der Waals surface area (Å²) in [5.41, 5.74) is 2.63. The Morgan fingerprint density at radius 3 is 2.58 bits per heavy atom. The number of carbonyl (C=O) groups is 3. The van der Waals surface area contributed by atoms with Crippen molar-refractivity contribution >= 4 is 40.6 Å². The number of rotatable bonds is 12. The third kappa shape index (κ3) is 7.59. The minimum atomic E-state index is -1.09. The first kappa shape index (κ1) is 29.4. The maximum atomic E-state index is 13.5. The topological polar surface area (TPSA) is 152 Å². The molecule has 224 valence electrons. The van der Waals surface area contributed by atoms with E-state index in [1.165, 1.54) is 12.1 Å². The molecule has 0 bridgehead atoms. The number of aromatic nitrogens is 1. The van der Waals surface area contributed by atoms with Crippen LogP contribution in [0.1, 0.15) is 43.9 Å². The van der Waals surface area contributed by atoms with Gasteiger partial charge in [0.1, 0.15) is 17.4 Å². The fourth-order valence-corrected chi connectivity index (χ4v) is 4.78. The van der Waals surface area contributed by atoms with E-state index in [2.05, 4.69) is 20.9 Å². The van der Waals surface area contributed by atoms with Crippen LogP contribution < -0.4 is 25.4 Å². The van der Waals surface area contributed by atoms with Crippen LogP contribution >= 0.6 is 0 Å². The van der Waals surface area contributed by atoms with E-state index < -0.39 is 35.7 Å². The largest absolute Gasteiger partial charge is 0.481 e. The number of hydrogen-bond donors (Lipinski definition) is 4. The highest BCUT2D eigenvalue weighted by atomic mass is 19.1. The van der Waals surface area contributed by atoms with Crippen molar-refractivity contribution in [2.45, 2.75) is 45.2 Å². The monoisotopic (exact) mass is 590 g/mol. The Hall–Kier alpha value is -5.13. The third-order valence-electron chi connectivity index (χ3n) is 6.75. The van der Waals surface area contributed by atoms with Gasteiger partial charge >= 0.3 is 5.97 Å². The van der Waals surface area contributed by atoms with Gasteiger partial charge in [0.15, 0.2) is 17.1 Å². The van der Waals surface area contributed by atoms with Crippen LogP contribution in [-0.2, 0) is 20.8 Å². The van der Waals surface area contributed by atoms with E-state index in [4.69, 9.17) is 13.9 Å². The maximum absolute atomic E-state index is 13.5. The highest BCUT2D eigenvalue weighted by molar-refractivity contribution is 5.89. The lowest BCUT2D eigenvalue weighted by Gasteiger charge is -2.24. The lowest BCUT2D eigenvalue weighted by atomic mass is 9.99. The summed E-state index contributed by atoms with van der Waals surface area (Å²) in [6, 6.07) is 14.4. The average molecular weight is 591 g/mol. The van der Waals surface area contributed by atoms with E-state index in [9.17, 15) is 23.9 Å². The lowest BCUT2D eigenvalue weighted by molar-refractivity contribution is -0.138. The van der Waals surface area contributed by atoms with Crippen molar-refractivity contribution in [2.24, 2.45) is 5.92 Å². The number of hydrogen-bond acceptors (Lipinski definition) is 8. The zero-order chi connectivity index (χ0) is 30.5. The number of ether oxygens (including phenoxy) is 2. The second-order valence-electron chi connectivity index (χ2n) is 10.7. The molecule has 3 aromatic carbocycles. The second kappa shape index (κ2) is 12.8. The van der Waals surface area contributed by atoms with Crippen LogP contribution in [0.25, 0.3) is 11.1 Å². The number of halogens is 1. The van der Waals surface area contributed by atoms with Crippen molar-refractivity contribution in [3.8, 4) is 11.5 Å². The number of amides is 2. The van der Waals surface area contributed by atoms with Crippen molar-refractivity contribution < 1.29 is 37.8 Å². The lowest BCUT2D eigenvalue weighted by Crippen LogP contribution is -2.49. The summed E-state index contributed by atoms with van der Waals surface area (Å²) < 4.78 is 30.0. The first-order valence-corrected chi connectivity index (χ1v) is 13.8. The summed E-state index contributed by atoms with van der Waals surface area (Å²) in [6.07, 6.45) is -0.0539. The molecule has 1 aromatic heterocycles. The van der Waals surface area contributed by atoms with E-state index in [1.54, 1.807) is 48.5 Å².